The minimum absolute atomic E-state index is 0.258. The van der Waals surface area contributed by atoms with E-state index in [1.807, 2.05) is 18.2 Å². The minimum atomic E-state index is -0.258. The fourth-order valence-corrected chi connectivity index (χ4v) is 1.78. The summed E-state index contributed by atoms with van der Waals surface area (Å²) in [5.74, 6) is 0.409. The van der Waals surface area contributed by atoms with Gasteiger partial charge in [-0.25, -0.2) is 4.39 Å². The van der Waals surface area contributed by atoms with Gasteiger partial charge in [-0.15, -0.1) is 0 Å². The van der Waals surface area contributed by atoms with Crippen LogP contribution in [0.2, 0.25) is 0 Å². The van der Waals surface area contributed by atoms with Crippen LogP contribution in [0.5, 0.6) is 5.75 Å². The summed E-state index contributed by atoms with van der Waals surface area (Å²) in [6.45, 7) is 2.48. The highest BCUT2D eigenvalue weighted by atomic mass is 19.1. The van der Waals surface area contributed by atoms with Crippen molar-refractivity contribution in [2.45, 2.75) is 13.2 Å². The van der Waals surface area contributed by atoms with Crippen molar-refractivity contribution in [1.82, 2.24) is 10.3 Å². The number of halogens is 1. The molecule has 2 aromatic rings. The van der Waals surface area contributed by atoms with E-state index in [0.717, 1.165) is 17.8 Å². The maximum atomic E-state index is 13.0. The molecule has 4 nitrogen and oxygen atoms in total. The van der Waals surface area contributed by atoms with Crippen LogP contribution in [-0.2, 0) is 17.9 Å². The molecule has 1 aromatic heterocycles. The van der Waals surface area contributed by atoms with Gasteiger partial charge in [-0.1, -0.05) is 12.1 Å². The molecule has 0 atom stereocenters. The smallest absolute Gasteiger partial charge is 0.138 e. The average molecular weight is 290 g/mol. The van der Waals surface area contributed by atoms with Gasteiger partial charge in [0.05, 0.1) is 18.5 Å². The summed E-state index contributed by atoms with van der Waals surface area (Å²) in [4.78, 5) is 4.30. The first-order chi connectivity index (χ1) is 10.3. The largest absolute Gasteiger partial charge is 0.487 e. The second-order valence-corrected chi connectivity index (χ2v) is 4.57. The van der Waals surface area contributed by atoms with Gasteiger partial charge >= 0.3 is 0 Å². The van der Waals surface area contributed by atoms with Gasteiger partial charge < -0.3 is 14.8 Å². The summed E-state index contributed by atoms with van der Waals surface area (Å²) >= 11 is 0. The molecule has 0 bridgehead atoms. The third-order valence-electron chi connectivity index (χ3n) is 2.88. The Balaban J connectivity index is 1.79. The van der Waals surface area contributed by atoms with Gasteiger partial charge in [-0.05, 0) is 29.8 Å². The third-order valence-corrected chi connectivity index (χ3v) is 2.88. The Bertz CT molecular complexity index is 546. The lowest BCUT2D eigenvalue weighted by molar-refractivity contribution is 0.199. The SMILES string of the molecule is COCCNCc1ccc(OCc2cccc(F)c2)cn1. The van der Waals surface area contributed by atoms with Crippen molar-refractivity contribution in [3.05, 3.63) is 59.7 Å². The first kappa shape index (κ1) is 15.4. The molecule has 1 aromatic carbocycles. The number of hydrogen-bond donors (Lipinski definition) is 1. The van der Waals surface area contributed by atoms with Crippen molar-refractivity contribution in [3.63, 3.8) is 0 Å². The van der Waals surface area contributed by atoms with Gasteiger partial charge in [-0.3, -0.25) is 4.98 Å². The molecule has 0 saturated heterocycles. The standard InChI is InChI=1S/C16H19FN2O2/c1-20-8-7-18-10-15-5-6-16(11-19-15)21-12-13-3-2-4-14(17)9-13/h2-6,9,11,18H,7-8,10,12H2,1H3. The third kappa shape index (κ3) is 5.49. The van der Waals surface area contributed by atoms with E-state index < -0.39 is 0 Å². The first-order valence-corrected chi connectivity index (χ1v) is 6.80. The summed E-state index contributed by atoms with van der Waals surface area (Å²) < 4.78 is 23.6. The second-order valence-electron chi connectivity index (χ2n) is 4.57. The van der Waals surface area contributed by atoms with Crippen molar-refractivity contribution >= 4 is 0 Å². The zero-order chi connectivity index (χ0) is 14.9. The number of benzene rings is 1. The molecule has 0 saturated carbocycles. The van der Waals surface area contributed by atoms with Crippen LogP contribution in [0.25, 0.3) is 0 Å². The Morgan fingerprint density at radius 1 is 1.24 bits per heavy atom. The average Bonchev–Trinajstić information content (AvgIpc) is 2.51. The number of hydrogen-bond acceptors (Lipinski definition) is 4. The van der Waals surface area contributed by atoms with Crippen molar-refractivity contribution in [3.8, 4) is 5.75 Å². The van der Waals surface area contributed by atoms with Gasteiger partial charge in [0.15, 0.2) is 0 Å². The zero-order valence-corrected chi connectivity index (χ0v) is 12.0. The van der Waals surface area contributed by atoms with Gasteiger partial charge in [0.2, 0.25) is 0 Å². The first-order valence-electron chi connectivity index (χ1n) is 6.80. The Morgan fingerprint density at radius 2 is 2.14 bits per heavy atom. The zero-order valence-electron chi connectivity index (χ0n) is 12.0. The van der Waals surface area contributed by atoms with E-state index in [9.17, 15) is 4.39 Å². The lowest BCUT2D eigenvalue weighted by Gasteiger charge is -2.07. The number of methoxy groups -OCH3 is 1. The Labute approximate surface area is 123 Å². The maximum Gasteiger partial charge on any atom is 0.138 e. The Hall–Kier alpha value is -1.98. The molecule has 0 aliphatic carbocycles. The molecule has 1 heterocycles. The predicted octanol–water partition coefficient (Wildman–Crippen LogP) is 2.54. The second kappa shape index (κ2) is 8.34. The van der Waals surface area contributed by atoms with Gasteiger partial charge in [0.1, 0.15) is 18.2 Å². The van der Waals surface area contributed by atoms with E-state index in [1.54, 1.807) is 19.4 Å². The van der Waals surface area contributed by atoms with Crippen LogP contribution in [0.4, 0.5) is 4.39 Å². The molecule has 0 amide bonds. The summed E-state index contributed by atoms with van der Waals surface area (Å²) in [6, 6.07) is 10.1. The lowest BCUT2D eigenvalue weighted by atomic mass is 10.2. The van der Waals surface area contributed by atoms with E-state index in [4.69, 9.17) is 9.47 Å². The number of rotatable bonds is 8. The molecule has 2 rings (SSSR count). The van der Waals surface area contributed by atoms with E-state index >= 15 is 0 Å². The van der Waals surface area contributed by atoms with Crippen LogP contribution in [0.1, 0.15) is 11.3 Å². The molecule has 0 radical (unpaired) electrons. The van der Waals surface area contributed by atoms with Gasteiger partial charge in [-0.2, -0.15) is 0 Å². The molecule has 5 heteroatoms. The molecule has 21 heavy (non-hydrogen) atoms. The molecule has 112 valence electrons. The fraction of sp³-hybridized carbons (Fsp3) is 0.312. The van der Waals surface area contributed by atoms with Gasteiger partial charge in [0, 0.05) is 20.2 Å². The maximum absolute atomic E-state index is 13.0. The number of aromatic nitrogens is 1. The summed E-state index contributed by atoms with van der Waals surface area (Å²) in [6.07, 6.45) is 1.67. The fourth-order valence-electron chi connectivity index (χ4n) is 1.78. The number of nitrogens with zero attached hydrogens (tertiary/aromatic N) is 1. The Morgan fingerprint density at radius 3 is 2.86 bits per heavy atom. The lowest BCUT2D eigenvalue weighted by Crippen LogP contribution is -2.19. The van der Waals surface area contributed by atoms with Crippen molar-refractivity contribution in [2.24, 2.45) is 0 Å². The molecular formula is C16H19FN2O2. The van der Waals surface area contributed by atoms with E-state index in [0.29, 0.717) is 25.5 Å². The molecule has 0 fully saturated rings. The molecule has 0 unspecified atom stereocenters. The van der Waals surface area contributed by atoms with Crippen LogP contribution in [0.3, 0.4) is 0 Å². The molecule has 0 aliphatic rings. The highest BCUT2D eigenvalue weighted by molar-refractivity contribution is 5.21. The van der Waals surface area contributed by atoms with Crippen LogP contribution in [0, 0.1) is 5.82 Å². The quantitative estimate of drug-likeness (QED) is 0.759. The van der Waals surface area contributed by atoms with E-state index in [1.165, 1.54) is 12.1 Å². The summed E-state index contributed by atoms with van der Waals surface area (Å²) in [5.41, 5.74) is 1.73. The van der Waals surface area contributed by atoms with Crippen LogP contribution >= 0.6 is 0 Å². The Kier molecular flexibility index (Phi) is 6.12. The number of nitrogens with one attached hydrogen (secondary N) is 1. The monoisotopic (exact) mass is 290 g/mol. The highest BCUT2D eigenvalue weighted by Crippen LogP contribution is 2.12. The van der Waals surface area contributed by atoms with Gasteiger partial charge in [0.25, 0.3) is 0 Å². The molecule has 0 aliphatic heterocycles. The van der Waals surface area contributed by atoms with Crippen molar-refractivity contribution < 1.29 is 13.9 Å². The van der Waals surface area contributed by atoms with E-state index in [-0.39, 0.29) is 5.82 Å². The number of ether oxygens (including phenoxy) is 2. The molecular weight excluding hydrogens is 271 g/mol. The molecule has 1 N–H and O–H groups in total. The predicted molar refractivity (Wildman–Crippen MR) is 78.6 cm³/mol. The summed E-state index contributed by atoms with van der Waals surface area (Å²) in [7, 11) is 1.67. The summed E-state index contributed by atoms with van der Waals surface area (Å²) in [5, 5.41) is 3.22. The number of pyridine rings is 1. The topological polar surface area (TPSA) is 43.4 Å². The molecule has 0 spiro atoms. The minimum Gasteiger partial charge on any atom is -0.487 e. The van der Waals surface area contributed by atoms with Crippen LogP contribution in [-0.4, -0.2) is 25.2 Å². The van der Waals surface area contributed by atoms with E-state index in [2.05, 4.69) is 10.3 Å². The normalized spacial score (nSPS) is 10.6. The van der Waals surface area contributed by atoms with Crippen LogP contribution in [0.15, 0.2) is 42.6 Å². The van der Waals surface area contributed by atoms with Crippen LogP contribution < -0.4 is 10.1 Å². The highest BCUT2D eigenvalue weighted by Gasteiger charge is 1.99. The van der Waals surface area contributed by atoms with Crippen molar-refractivity contribution in [1.29, 1.82) is 0 Å². The van der Waals surface area contributed by atoms with Crippen molar-refractivity contribution in [2.75, 3.05) is 20.3 Å².